The third-order valence-electron chi connectivity index (χ3n) is 6.33. The number of fused-ring (bicyclic) bond motifs is 1. The fraction of sp³-hybridized carbons (Fsp3) is 0.323. The molecule has 7 heteroatoms. The van der Waals surface area contributed by atoms with Crippen molar-refractivity contribution >= 4 is 34.5 Å². The molecule has 0 amide bonds. The number of benzene rings is 2. The highest BCUT2D eigenvalue weighted by atomic mass is 16.5. The Morgan fingerprint density at radius 1 is 1.08 bits per heavy atom. The molecule has 0 fully saturated rings. The van der Waals surface area contributed by atoms with E-state index in [4.69, 9.17) is 4.74 Å². The summed E-state index contributed by atoms with van der Waals surface area (Å²) in [6.45, 7) is 10.4. The first-order chi connectivity index (χ1) is 18.5. The van der Waals surface area contributed by atoms with Crippen molar-refractivity contribution in [3.8, 4) is 5.88 Å². The zero-order valence-electron chi connectivity index (χ0n) is 22.8. The lowest BCUT2D eigenvalue weighted by atomic mass is 10.1. The summed E-state index contributed by atoms with van der Waals surface area (Å²) in [5.74, 6) is 1.17. The van der Waals surface area contributed by atoms with Crippen molar-refractivity contribution in [1.29, 1.82) is 0 Å². The Morgan fingerprint density at radius 2 is 1.87 bits per heavy atom. The molecular formula is C31H37N5O2. The Labute approximate surface area is 225 Å². The van der Waals surface area contributed by atoms with Crippen LogP contribution in [0, 0.1) is 6.92 Å². The normalized spacial score (nSPS) is 11.3. The van der Waals surface area contributed by atoms with E-state index in [-0.39, 0.29) is 5.91 Å². The number of hydrogen-bond acceptors (Lipinski definition) is 6. The molecule has 0 saturated carbocycles. The lowest BCUT2D eigenvalue weighted by Gasteiger charge is -2.24. The third-order valence-corrected chi connectivity index (χ3v) is 6.33. The van der Waals surface area contributed by atoms with E-state index >= 15 is 0 Å². The minimum atomic E-state index is -0.00314. The number of aryl methyl sites for hydroxylation is 1. The molecule has 2 aromatic heterocycles. The van der Waals surface area contributed by atoms with E-state index in [9.17, 15) is 4.79 Å². The number of hydrogen-bond donors (Lipinski definition) is 1. The number of para-hydroxylation sites is 1. The van der Waals surface area contributed by atoms with Gasteiger partial charge in [-0.2, -0.15) is 10.1 Å². The van der Waals surface area contributed by atoms with Crippen LogP contribution in [0.25, 0.3) is 10.9 Å². The summed E-state index contributed by atoms with van der Waals surface area (Å²) >= 11 is 0. The average Bonchev–Trinajstić information content (AvgIpc) is 3.28. The Morgan fingerprint density at radius 3 is 2.61 bits per heavy atom. The molecule has 0 atom stereocenters. The topological polar surface area (TPSA) is 71.8 Å². The summed E-state index contributed by atoms with van der Waals surface area (Å²) in [6.07, 6.45) is 6.47. The number of hydrazone groups is 1. The van der Waals surface area contributed by atoms with Crippen LogP contribution in [0.15, 0.2) is 72.0 Å². The SMILES string of the molecule is CCCN(CCC)c1cc(N/N=C/c2cccc(C)c2)nc(OCCc2cn(C(C)=O)c3ccccc23)c1. The van der Waals surface area contributed by atoms with Crippen LogP contribution in [0.3, 0.4) is 0 Å². The van der Waals surface area contributed by atoms with Crippen LogP contribution in [0.2, 0.25) is 0 Å². The Bertz CT molecular complexity index is 1400. The van der Waals surface area contributed by atoms with E-state index in [1.165, 1.54) is 5.56 Å². The van der Waals surface area contributed by atoms with Crippen molar-refractivity contribution in [2.45, 2.75) is 47.0 Å². The molecular weight excluding hydrogens is 474 g/mol. The van der Waals surface area contributed by atoms with Crippen molar-refractivity contribution in [2.75, 3.05) is 30.0 Å². The number of anilines is 2. The summed E-state index contributed by atoms with van der Waals surface area (Å²) in [5.41, 5.74) is 8.35. The number of ether oxygens (including phenoxy) is 1. The highest BCUT2D eigenvalue weighted by molar-refractivity contribution is 5.93. The Hall–Kier alpha value is -4.13. The first-order valence-corrected chi connectivity index (χ1v) is 13.3. The number of carbonyl (C=O) groups excluding carboxylic acids is 1. The van der Waals surface area contributed by atoms with Crippen LogP contribution in [0.4, 0.5) is 11.5 Å². The number of nitrogens with zero attached hydrogens (tertiary/aromatic N) is 4. The van der Waals surface area contributed by atoms with Gasteiger partial charge in [0.15, 0.2) is 5.82 Å². The molecule has 7 nitrogen and oxygen atoms in total. The van der Waals surface area contributed by atoms with Gasteiger partial charge in [0, 0.05) is 55.8 Å². The minimum absolute atomic E-state index is 0.00314. The van der Waals surface area contributed by atoms with Gasteiger partial charge in [-0.3, -0.25) is 14.8 Å². The van der Waals surface area contributed by atoms with Crippen LogP contribution in [-0.2, 0) is 6.42 Å². The van der Waals surface area contributed by atoms with Gasteiger partial charge in [-0.15, -0.1) is 0 Å². The largest absolute Gasteiger partial charge is 0.477 e. The van der Waals surface area contributed by atoms with Gasteiger partial charge in [0.25, 0.3) is 0 Å². The van der Waals surface area contributed by atoms with Crippen LogP contribution in [0.5, 0.6) is 5.88 Å². The van der Waals surface area contributed by atoms with Crippen molar-refractivity contribution in [3.05, 3.63) is 83.6 Å². The smallest absolute Gasteiger partial charge is 0.227 e. The van der Waals surface area contributed by atoms with E-state index in [1.807, 2.05) is 54.7 Å². The lowest BCUT2D eigenvalue weighted by molar-refractivity contribution is 0.0941. The van der Waals surface area contributed by atoms with E-state index < -0.39 is 0 Å². The van der Waals surface area contributed by atoms with Gasteiger partial charge in [0.05, 0.1) is 18.3 Å². The number of aromatic nitrogens is 2. The summed E-state index contributed by atoms with van der Waals surface area (Å²) in [6, 6.07) is 20.2. The van der Waals surface area contributed by atoms with Crippen LogP contribution < -0.4 is 15.1 Å². The second-order valence-electron chi connectivity index (χ2n) is 9.48. The zero-order valence-corrected chi connectivity index (χ0v) is 22.8. The second-order valence-corrected chi connectivity index (χ2v) is 9.48. The fourth-order valence-corrected chi connectivity index (χ4v) is 4.61. The van der Waals surface area contributed by atoms with Crippen molar-refractivity contribution in [1.82, 2.24) is 9.55 Å². The summed E-state index contributed by atoms with van der Waals surface area (Å²) in [5, 5.41) is 5.49. The minimum Gasteiger partial charge on any atom is -0.477 e. The molecule has 0 aliphatic carbocycles. The molecule has 0 aliphatic heterocycles. The van der Waals surface area contributed by atoms with Crippen LogP contribution in [-0.4, -0.2) is 41.4 Å². The molecule has 0 aliphatic rings. The maximum atomic E-state index is 12.1. The number of pyridine rings is 1. The molecule has 198 valence electrons. The highest BCUT2D eigenvalue weighted by Crippen LogP contribution is 2.26. The Balaban J connectivity index is 1.53. The van der Waals surface area contributed by atoms with Crippen LogP contribution >= 0.6 is 0 Å². The third kappa shape index (κ3) is 6.79. The molecule has 0 bridgehead atoms. The van der Waals surface area contributed by atoms with E-state index in [0.29, 0.717) is 24.7 Å². The molecule has 2 heterocycles. The number of nitrogens with one attached hydrogen (secondary N) is 1. The summed E-state index contributed by atoms with van der Waals surface area (Å²) in [4.78, 5) is 19.1. The maximum absolute atomic E-state index is 12.1. The van der Waals surface area contributed by atoms with E-state index in [1.54, 1.807) is 17.7 Å². The van der Waals surface area contributed by atoms with Crippen LogP contribution in [0.1, 0.15) is 55.1 Å². The number of carbonyl (C=O) groups is 1. The molecule has 38 heavy (non-hydrogen) atoms. The van der Waals surface area contributed by atoms with Gasteiger partial charge in [0.2, 0.25) is 11.8 Å². The summed E-state index contributed by atoms with van der Waals surface area (Å²) in [7, 11) is 0. The van der Waals surface area contributed by atoms with Gasteiger partial charge in [-0.1, -0.05) is 61.9 Å². The monoisotopic (exact) mass is 511 g/mol. The predicted octanol–water partition coefficient (Wildman–Crippen LogP) is 6.70. The first-order valence-electron chi connectivity index (χ1n) is 13.3. The van der Waals surface area contributed by atoms with Crippen molar-refractivity contribution in [2.24, 2.45) is 5.10 Å². The first kappa shape index (κ1) is 26.9. The van der Waals surface area contributed by atoms with E-state index in [0.717, 1.165) is 53.6 Å². The molecule has 0 saturated heterocycles. The summed E-state index contributed by atoms with van der Waals surface area (Å²) < 4.78 is 7.87. The van der Waals surface area contributed by atoms with E-state index in [2.05, 4.69) is 53.3 Å². The average molecular weight is 512 g/mol. The Kier molecular flexibility index (Phi) is 9.14. The molecule has 2 aromatic carbocycles. The second kappa shape index (κ2) is 12.9. The van der Waals surface area contributed by atoms with Gasteiger partial charge in [-0.25, -0.2) is 0 Å². The highest BCUT2D eigenvalue weighted by Gasteiger charge is 2.13. The van der Waals surface area contributed by atoms with Crippen molar-refractivity contribution in [3.63, 3.8) is 0 Å². The molecule has 0 spiro atoms. The molecule has 0 radical (unpaired) electrons. The molecule has 4 aromatic rings. The predicted molar refractivity (Wildman–Crippen MR) is 157 cm³/mol. The van der Waals surface area contributed by atoms with Gasteiger partial charge in [0.1, 0.15) is 0 Å². The zero-order chi connectivity index (χ0) is 26.9. The fourth-order valence-electron chi connectivity index (χ4n) is 4.61. The standard InChI is InChI=1S/C31H37N5O2/c1-5-15-35(16-6-2)27-19-30(34-32-21-25-11-9-10-23(3)18-25)33-31(20-27)38-17-14-26-22-36(24(4)37)29-13-8-7-12-28(26)29/h7-13,18-22H,5-6,14-17H2,1-4H3,(H,33,34)/b32-21+. The van der Waals surface area contributed by atoms with Gasteiger partial charge in [-0.05, 0) is 37.0 Å². The quantitative estimate of drug-likeness (QED) is 0.169. The van der Waals surface area contributed by atoms with Crippen molar-refractivity contribution < 1.29 is 9.53 Å². The van der Waals surface area contributed by atoms with Gasteiger partial charge < -0.3 is 9.64 Å². The lowest BCUT2D eigenvalue weighted by Crippen LogP contribution is -2.25. The number of rotatable bonds is 12. The molecule has 4 rings (SSSR count). The molecule has 0 unspecified atom stereocenters. The molecule has 1 N–H and O–H groups in total. The van der Waals surface area contributed by atoms with Gasteiger partial charge >= 0.3 is 0 Å². The maximum Gasteiger partial charge on any atom is 0.227 e.